The fourth-order valence-electron chi connectivity index (χ4n) is 5.00. The summed E-state index contributed by atoms with van der Waals surface area (Å²) in [4.78, 5) is 45.7. The third-order valence-corrected chi connectivity index (χ3v) is 8.42. The number of anilines is 1. The summed E-state index contributed by atoms with van der Waals surface area (Å²) in [6, 6.07) is 21.5. The van der Waals surface area contributed by atoms with Gasteiger partial charge in [-0.05, 0) is 67.6 Å². The second kappa shape index (κ2) is 12.6. The van der Waals surface area contributed by atoms with E-state index in [0.29, 0.717) is 29.2 Å². The van der Waals surface area contributed by atoms with E-state index in [0.717, 1.165) is 34.4 Å². The van der Waals surface area contributed by atoms with Crippen molar-refractivity contribution >= 4 is 39.9 Å². The maximum atomic E-state index is 13.6. The van der Waals surface area contributed by atoms with Crippen LogP contribution in [0, 0.1) is 13.8 Å². The molecule has 220 valence electrons. The van der Waals surface area contributed by atoms with Crippen LogP contribution in [0.2, 0.25) is 0 Å². The largest absolute Gasteiger partial charge is 0.507 e. The zero-order valence-corrected chi connectivity index (χ0v) is 25.2. The molecule has 1 atom stereocenters. The predicted octanol–water partition coefficient (Wildman–Crippen LogP) is 6.70. The number of thiazole rings is 1. The first kappa shape index (κ1) is 29.7. The average Bonchev–Trinajstić information content (AvgIpc) is 3.52. The lowest BCUT2D eigenvalue weighted by molar-refractivity contribution is -0.132. The fraction of sp³-hybridized carbons (Fsp3) is 0.235. The molecular formula is C34H32N2O6S. The van der Waals surface area contributed by atoms with Gasteiger partial charge in [-0.15, -0.1) is 0 Å². The Hall–Kier alpha value is -4.76. The highest BCUT2D eigenvalue weighted by Crippen LogP contribution is 2.44. The Balaban J connectivity index is 1.57. The highest BCUT2D eigenvalue weighted by Gasteiger charge is 2.48. The summed E-state index contributed by atoms with van der Waals surface area (Å²) in [5.74, 6) is -1.89. The zero-order chi connectivity index (χ0) is 30.7. The minimum absolute atomic E-state index is 0.0582. The highest BCUT2D eigenvalue weighted by atomic mass is 32.1. The van der Waals surface area contributed by atoms with Crippen molar-refractivity contribution < 1.29 is 29.0 Å². The van der Waals surface area contributed by atoms with E-state index in [1.807, 2.05) is 68.4 Å². The molecule has 0 spiro atoms. The number of ether oxygens (including phenoxy) is 2. The van der Waals surface area contributed by atoms with Crippen LogP contribution in [0.5, 0.6) is 5.75 Å². The van der Waals surface area contributed by atoms with Gasteiger partial charge in [0.05, 0.1) is 23.9 Å². The maximum absolute atomic E-state index is 13.6. The number of hydrogen-bond acceptors (Lipinski definition) is 8. The van der Waals surface area contributed by atoms with Crippen LogP contribution in [0.15, 0.2) is 78.4 Å². The summed E-state index contributed by atoms with van der Waals surface area (Å²) in [6.45, 7) is 7.81. The van der Waals surface area contributed by atoms with Gasteiger partial charge in [0.2, 0.25) is 0 Å². The third kappa shape index (κ3) is 5.94. The molecular weight excluding hydrogens is 564 g/mol. The molecule has 0 bridgehead atoms. The van der Waals surface area contributed by atoms with Crippen molar-refractivity contribution in [2.45, 2.75) is 46.8 Å². The number of Topliss-reactive ketones (excluding diaryl/α,β-unsaturated/α-hetero) is 1. The van der Waals surface area contributed by atoms with E-state index in [1.165, 1.54) is 4.90 Å². The number of amides is 1. The van der Waals surface area contributed by atoms with Crippen LogP contribution in [-0.4, -0.2) is 34.4 Å². The molecule has 9 heteroatoms. The van der Waals surface area contributed by atoms with Gasteiger partial charge in [-0.25, -0.2) is 9.78 Å². The number of hydrogen-bond donors (Lipinski definition) is 1. The molecule has 0 saturated carbocycles. The van der Waals surface area contributed by atoms with Crippen molar-refractivity contribution in [2.24, 2.45) is 0 Å². The Morgan fingerprint density at radius 1 is 0.977 bits per heavy atom. The first-order chi connectivity index (χ1) is 20.7. The van der Waals surface area contributed by atoms with Crippen LogP contribution in [-0.2, 0) is 27.4 Å². The number of nitrogens with zero attached hydrogens (tertiary/aromatic N) is 2. The molecule has 1 fully saturated rings. The molecule has 0 aliphatic carbocycles. The van der Waals surface area contributed by atoms with Gasteiger partial charge in [0.15, 0.2) is 5.13 Å². The van der Waals surface area contributed by atoms with Crippen molar-refractivity contribution in [1.82, 2.24) is 4.98 Å². The molecule has 1 saturated heterocycles. The molecule has 1 N–H and O–H groups in total. The molecule has 0 unspecified atom stereocenters. The Morgan fingerprint density at radius 2 is 1.70 bits per heavy atom. The molecule has 4 aromatic rings. The molecule has 8 nitrogen and oxygen atoms in total. The van der Waals surface area contributed by atoms with E-state index >= 15 is 0 Å². The van der Waals surface area contributed by atoms with E-state index in [2.05, 4.69) is 4.98 Å². The Kier molecular flexibility index (Phi) is 8.73. The third-order valence-electron chi connectivity index (χ3n) is 7.29. The number of carbonyl (C=O) groups is 3. The number of aliphatic hydroxyl groups is 1. The van der Waals surface area contributed by atoms with Crippen LogP contribution < -0.4 is 9.64 Å². The highest BCUT2D eigenvalue weighted by molar-refractivity contribution is 7.17. The van der Waals surface area contributed by atoms with E-state index in [4.69, 9.17) is 9.47 Å². The monoisotopic (exact) mass is 596 g/mol. The van der Waals surface area contributed by atoms with Crippen LogP contribution in [0.3, 0.4) is 0 Å². The van der Waals surface area contributed by atoms with E-state index in [9.17, 15) is 19.5 Å². The van der Waals surface area contributed by atoms with Crippen molar-refractivity contribution in [3.63, 3.8) is 0 Å². The zero-order valence-electron chi connectivity index (χ0n) is 24.4. The lowest BCUT2D eigenvalue weighted by Crippen LogP contribution is -2.29. The van der Waals surface area contributed by atoms with Gasteiger partial charge in [-0.1, -0.05) is 72.9 Å². The summed E-state index contributed by atoms with van der Waals surface area (Å²) in [7, 11) is 0. The number of ketones is 1. The molecule has 3 aromatic carbocycles. The molecule has 1 aliphatic heterocycles. The van der Waals surface area contributed by atoms with Crippen molar-refractivity contribution in [3.05, 3.63) is 117 Å². The van der Waals surface area contributed by atoms with E-state index in [1.54, 1.807) is 32.0 Å². The van der Waals surface area contributed by atoms with Gasteiger partial charge in [0.25, 0.3) is 5.78 Å². The number of aromatic nitrogens is 1. The van der Waals surface area contributed by atoms with Crippen molar-refractivity contribution in [3.8, 4) is 5.75 Å². The van der Waals surface area contributed by atoms with Gasteiger partial charge in [-0.3, -0.25) is 14.5 Å². The molecule has 0 radical (unpaired) electrons. The predicted molar refractivity (Wildman–Crippen MR) is 165 cm³/mol. The standard InChI is InChI=1S/C34H32N2O6S/c1-5-22-12-14-24(15-13-22)28-27(30(38)32(39)36(28)34-35-21(4)31(43-34)33(40)41-6-2)29(37)25-16-17-26(20(3)18-25)42-19-23-10-8-7-9-11-23/h7-18,28,37H,5-6,19H2,1-4H3/b29-27+/t28-/m0/s1. The number of carbonyl (C=O) groups excluding carboxylic acids is 3. The molecule has 2 heterocycles. The van der Waals surface area contributed by atoms with Crippen molar-refractivity contribution in [2.75, 3.05) is 11.5 Å². The number of esters is 1. The van der Waals surface area contributed by atoms with Crippen LogP contribution in [0.1, 0.15) is 63.1 Å². The molecule has 1 aromatic heterocycles. The number of aryl methyl sites for hydroxylation is 3. The minimum Gasteiger partial charge on any atom is -0.507 e. The Bertz CT molecular complexity index is 1710. The lowest BCUT2D eigenvalue weighted by Gasteiger charge is -2.23. The summed E-state index contributed by atoms with van der Waals surface area (Å²) in [5.41, 5.74) is 4.19. The first-order valence-corrected chi connectivity index (χ1v) is 14.9. The Morgan fingerprint density at radius 3 is 2.35 bits per heavy atom. The number of rotatable bonds is 9. The lowest BCUT2D eigenvalue weighted by atomic mass is 9.94. The summed E-state index contributed by atoms with van der Waals surface area (Å²) < 4.78 is 11.1. The fourth-order valence-corrected chi connectivity index (χ4v) is 5.99. The molecule has 5 rings (SSSR count). The molecule has 43 heavy (non-hydrogen) atoms. The second-order valence-corrected chi connectivity index (χ2v) is 11.1. The van der Waals surface area contributed by atoms with Crippen LogP contribution >= 0.6 is 11.3 Å². The van der Waals surface area contributed by atoms with Crippen LogP contribution in [0.25, 0.3) is 5.76 Å². The molecule has 1 aliphatic rings. The van der Waals surface area contributed by atoms with Gasteiger partial charge in [-0.2, -0.15) is 0 Å². The average molecular weight is 597 g/mol. The topological polar surface area (TPSA) is 106 Å². The quantitative estimate of drug-likeness (QED) is 0.0991. The smallest absolute Gasteiger partial charge is 0.350 e. The normalized spacial score (nSPS) is 16.0. The first-order valence-electron chi connectivity index (χ1n) is 14.1. The second-order valence-electron chi connectivity index (χ2n) is 10.2. The Labute approximate surface area is 254 Å². The van der Waals surface area contributed by atoms with Crippen molar-refractivity contribution in [1.29, 1.82) is 0 Å². The maximum Gasteiger partial charge on any atom is 0.350 e. The van der Waals surface area contributed by atoms with Gasteiger partial charge >= 0.3 is 11.9 Å². The summed E-state index contributed by atoms with van der Waals surface area (Å²) in [5, 5.41) is 11.8. The van der Waals surface area contributed by atoms with Gasteiger partial charge in [0.1, 0.15) is 23.0 Å². The van der Waals surface area contributed by atoms with E-state index < -0.39 is 23.7 Å². The number of benzene rings is 3. The molecule has 1 amide bonds. The minimum atomic E-state index is -0.958. The summed E-state index contributed by atoms with van der Waals surface area (Å²) in [6.07, 6.45) is 0.813. The van der Waals surface area contributed by atoms with Gasteiger partial charge in [0, 0.05) is 5.56 Å². The van der Waals surface area contributed by atoms with E-state index in [-0.39, 0.29) is 27.9 Å². The van der Waals surface area contributed by atoms with Crippen LogP contribution in [0.4, 0.5) is 5.13 Å². The number of aliphatic hydroxyl groups excluding tert-OH is 1. The van der Waals surface area contributed by atoms with Gasteiger partial charge < -0.3 is 14.6 Å². The summed E-state index contributed by atoms with van der Waals surface area (Å²) >= 11 is 0.981. The SMILES string of the molecule is CCOC(=O)c1sc(N2C(=O)C(=O)/C(=C(/O)c3ccc(OCc4ccccc4)c(C)c3)[C@@H]2c2ccc(CC)cc2)nc1C.